The molecular formula is C15H17N3O2. The molecule has 0 aliphatic heterocycles. The molecule has 0 bridgehead atoms. The molecule has 1 aromatic heterocycles. The molecule has 0 radical (unpaired) electrons. The smallest absolute Gasteiger partial charge is 0.262 e. The molecule has 0 amide bonds. The summed E-state index contributed by atoms with van der Waals surface area (Å²) in [5, 5.41) is 11.6. The molecule has 2 aromatic rings. The van der Waals surface area contributed by atoms with Gasteiger partial charge in [-0.2, -0.15) is 0 Å². The Morgan fingerprint density at radius 3 is 2.45 bits per heavy atom. The summed E-state index contributed by atoms with van der Waals surface area (Å²) in [6.45, 7) is 4.32. The van der Waals surface area contributed by atoms with E-state index in [4.69, 9.17) is 10.9 Å². The van der Waals surface area contributed by atoms with Crippen molar-refractivity contribution in [2.45, 2.75) is 20.4 Å². The van der Waals surface area contributed by atoms with Gasteiger partial charge in [0.05, 0.1) is 12.1 Å². The fraction of sp³-hybridized carbons (Fsp3) is 0.200. The molecule has 1 heterocycles. The zero-order valence-electron chi connectivity index (χ0n) is 11.5. The molecule has 0 aliphatic rings. The van der Waals surface area contributed by atoms with Gasteiger partial charge >= 0.3 is 0 Å². The second-order valence-corrected chi connectivity index (χ2v) is 4.75. The molecule has 0 atom stereocenters. The van der Waals surface area contributed by atoms with Crippen LogP contribution in [0.25, 0.3) is 0 Å². The summed E-state index contributed by atoms with van der Waals surface area (Å²) in [6.07, 6.45) is 0. The fourth-order valence-electron chi connectivity index (χ4n) is 1.99. The molecule has 0 spiro atoms. The van der Waals surface area contributed by atoms with E-state index in [0.29, 0.717) is 6.54 Å². The van der Waals surface area contributed by atoms with Gasteiger partial charge in [-0.3, -0.25) is 4.79 Å². The Hall–Kier alpha value is -2.56. The summed E-state index contributed by atoms with van der Waals surface area (Å²) in [6, 6.07) is 11.3. The van der Waals surface area contributed by atoms with E-state index in [1.54, 1.807) is 16.7 Å². The number of nitrogens with two attached hydrogens (primary N) is 1. The lowest BCUT2D eigenvalue weighted by molar-refractivity contribution is 0.318. The highest BCUT2D eigenvalue weighted by Gasteiger charge is 2.10. The van der Waals surface area contributed by atoms with Gasteiger partial charge in [-0.25, -0.2) is 0 Å². The zero-order chi connectivity index (χ0) is 14.7. The van der Waals surface area contributed by atoms with E-state index in [1.807, 2.05) is 38.1 Å². The van der Waals surface area contributed by atoms with Crippen LogP contribution >= 0.6 is 0 Å². The topological polar surface area (TPSA) is 80.6 Å². The molecule has 5 nitrogen and oxygen atoms in total. The number of oxime groups is 1. The average molecular weight is 271 g/mol. The van der Waals surface area contributed by atoms with Crippen molar-refractivity contribution in [3.8, 4) is 0 Å². The third-order valence-corrected chi connectivity index (χ3v) is 3.24. The number of amidine groups is 1. The summed E-state index contributed by atoms with van der Waals surface area (Å²) in [5.74, 6) is -0.173. The maximum atomic E-state index is 12.4. The molecule has 2 rings (SSSR count). The molecule has 0 aliphatic carbocycles. The van der Waals surface area contributed by atoms with Gasteiger partial charge in [-0.1, -0.05) is 35.0 Å². The predicted octanol–water partition coefficient (Wildman–Crippen LogP) is 1.61. The highest BCUT2D eigenvalue weighted by molar-refractivity contribution is 5.96. The average Bonchev–Trinajstić information content (AvgIpc) is 2.45. The van der Waals surface area contributed by atoms with Crippen molar-refractivity contribution < 1.29 is 5.21 Å². The Labute approximate surface area is 117 Å². The van der Waals surface area contributed by atoms with Gasteiger partial charge in [0, 0.05) is 5.69 Å². The molecule has 3 N–H and O–H groups in total. The lowest BCUT2D eigenvalue weighted by atomic mass is 10.1. The quantitative estimate of drug-likeness (QED) is 0.385. The van der Waals surface area contributed by atoms with Crippen molar-refractivity contribution in [3.05, 3.63) is 69.1 Å². The van der Waals surface area contributed by atoms with Gasteiger partial charge in [0.1, 0.15) is 0 Å². The Kier molecular flexibility index (Phi) is 3.89. The van der Waals surface area contributed by atoms with Crippen molar-refractivity contribution in [1.82, 2.24) is 4.57 Å². The number of aryl methyl sites for hydroxylation is 2. The van der Waals surface area contributed by atoms with Gasteiger partial charge < -0.3 is 15.5 Å². The van der Waals surface area contributed by atoms with Gasteiger partial charge in [0.15, 0.2) is 5.84 Å². The third-order valence-electron chi connectivity index (χ3n) is 3.24. The van der Waals surface area contributed by atoms with Crippen molar-refractivity contribution in [2.75, 3.05) is 0 Å². The third kappa shape index (κ3) is 2.71. The Morgan fingerprint density at radius 1 is 1.20 bits per heavy atom. The second-order valence-electron chi connectivity index (χ2n) is 4.75. The SMILES string of the molecule is Cc1ccc(Cn2c(C)ccc(/C(N)=N/O)c2=O)cc1. The first kappa shape index (κ1) is 13.9. The number of hydrogen-bond acceptors (Lipinski definition) is 3. The lowest BCUT2D eigenvalue weighted by Gasteiger charge is -2.12. The molecule has 0 unspecified atom stereocenters. The molecular weight excluding hydrogens is 254 g/mol. The van der Waals surface area contributed by atoms with Crippen molar-refractivity contribution >= 4 is 5.84 Å². The standard InChI is InChI=1S/C15H17N3O2/c1-10-3-6-12(7-4-10)9-18-11(2)5-8-13(15(18)19)14(16)17-20/h3-8,20H,9H2,1-2H3,(H2,16,17). The number of nitrogens with zero attached hydrogens (tertiary/aromatic N) is 2. The normalized spacial score (nSPS) is 11.6. The van der Waals surface area contributed by atoms with Crippen LogP contribution in [0.4, 0.5) is 0 Å². The van der Waals surface area contributed by atoms with Gasteiger partial charge in [-0.05, 0) is 31.5 Å². The van der Waals surface area contributed by atoms with Crippen molar-refractivity contribution in [1.29, 1.82) is 0 Å². The largest absolute Gasteiger partial charge is 0.409 e. The van der Waals surface area contributed by atoms with Crippen LogP contribution in [0.1, 0.15) is 22.4 Å². The van der Waals surface area contributed by atoms with E-state index < -0.39 is 0 Å². The van der Waals surface area contributed by atoms with E-state index in [2.05, 4.69) is 5.16 Å². The Balaban J connectivity index is 2.46. The number of benzene rings is 1. The monoisotopic (exact) mass is 271 g/mol. The van der Waals surface area contributed by atoms with Crippen LogP contribution < -0.4 is 11.3 Å². The molecule has 20 heavy (non-hydrogen) atoms. The summed E-state index contributed by atoms with van der Waals surface area (Å²) in [5.41, 5.74) is 8.47. The van der Waals surface area contributed by atoms with Crippen LogP contribution in [0, 0.1) is 13.8 Å². The molecule has 104 valence electrons. The van der Waals surface area contributed by atoms with E-state index in [9.17, 15) is 4.79 Å². The minimum atomic E-state index is -0.263. The van der Waals surface area contributed by atoms with Crippen molar-refractivity contribution in [3.63, 3.8) is 0 Å². The second kappa shape index (κ2) is 5.61. The van der Waals surface area contributed by atoms with Crippen LogP contribution in [0.2, 0.25) is 0 Å². The minimum Gasteiger partial charge on any atom is -0.409 e. The first-order valence-corrected chi connectivity index (χ1v) is 6.27. The number of rotatable bonds is 3. The van der Waals surface area contributed by atoms with E-state index >= 15 is 0 Å². The fourth-order valence-corrected chi connectivity index (χ4v) is 1.99. The number of hydrogen-bond donors (Lipinski definition) is 2. The van der Waals surface area contributed by atoms with Crippen molar-refractivity contribution in [2.24, 2.45) is 10.9 Å². The molecule has 1 aromatic carbocycles. The first-order valence-electron chi connectivity index (χ1n) is 6.27. The maximum Gasteiger partial charge on any atom is 0.262 e. The first-order chi connectivity index (χ1) is 9.52. The summed E-state index contributed by atoms with van der Waals surface area (Å²) in [7, 11) is 0. The molecule has 0 saturated heterocycles. The van der Waals surface area contributed by atoms with Gasteiger partial charge in [-0.15, -0.1) is 0 Å². The summed E-state index contributed by atoms with van der Waals surface area (Å²) in [4.78, 5) is 12.4. The zero-order valence-corrected chi connectivity index (χ0v) is 11.5. The van der Waals surface area contributed by atoms with E-state index in [0.717, 1.165) is 11.3 Å². The predicted molar refractivity (Wildman–Crippen MR) is 78.2 cm³/mol. The molecule has 0 saturated carbocycles. The van der Waals surface area contributed by atoms with Crippen LogP contribution in [0.5, 0.6) is 0 Å². The maximum absolute atomic E-state index is 12.4. The number of aromatic nitrogens is 1. The Morgan fingerprint density at radius 2 is 1.85 bits per heavy atom. The van der Waals surface area contributed by atoms with E-state index in [-0.39, 0.29) is 17.0 Å². The highest BCUT2D eigenvalue weighted by Crippen LogP contribution is 2.07. The molecule has 0 fully saturated rings. The number of pyridine rings is 1. The van der Waals surface area contributed by atoms with Crippen LogP contribution in [-0.2, 0) is 6.54 Å². The van der Waals surface area contributed by atoms with Gasteiger partial charge in [0.25, 0.3) is 5.56 Å². The summed E-state index contributed by atoms with van der Waals surface area (Å²) >= 11 is 0. The van der Waals surface area contributed by atoms with Crippen LogP contribution in [-0.4, -0.2) is 15.6 Å². The highest BCUT2D eigenvalue weighted by atomic mass is 16.4. The van der Waals surface area contributed by atoms with Crippen LogP contribution in [0.15, 0.2) is 46.3 Å². The van der Waals surface area contributed by atoms with Gasteiger partial charge in [0.2, 0.25) is 0 Å². The summed E-state index contributed by atoms with van der Waals surface area (Å²) < 4.78 is 1.61. The Bertz CT molecular complexity index is 700. The molecule has 5 heteroatoms. The lowest BCUT2D eigenvalue weighted by Crippen LogP contribution is -2.31. The minimum absolute atomic E-state index is 0.173. The van der Waals surface area contributed by atoms with E-state index in [1.165, 1.54) is 5.56 Å². The van der Waals surface area contributed by atoms with Crippen LogP contribution in [0.3, 0.4) is 0 Å².